The average Bonchev–Trinajstić information content (AvgIpc) is 2.36. The van der Waals surface area contributed by atoms with Gasteiger partial charge in [-0.3, -0.25) is 4.79 Å². The molecule has 0 radical (unpaired) electrons. The van der Waals surface area contributed by atoms with Crippen LogP contribution in [-0.4, -0.2) is 24.0 Å². The second-order valence-electron chi connectivity index (χ2n) is 3.60. The van der Waals surface area contributed by atoms with Crippen LogP contribution >= 0.6 is 50.9 Å². The van der Waals surface area contributed by atoms with Crippen molar-refractivity contribution in [3.05, 3.63) is 26.7 Å². The zero-order valence-electron chi connectivity index (χ0n) is 9.67. The zero-order valence-corrected chi connectivity index (χ0v) is 13.6. The number of hydrogen-bond acceptors (Lipinski definition) is 3. The van der Waals surface area contributed by atoms with Crippen molar-refractivity contribution in [3.8, 4) is 0 Å². The molecule has 0 saturated heterocycles. The Bertz CT molecular complexity index is 445. The molecular weight excluding hydrogens is 359 g/mol. The van der Waals surface area contributed by atoms with Crippen LogP contribution in [0, 0.1) is 0 Å². The summed E-state index contributed by atoms with van der Waals surface area (Å²) in [4.78, 5) is 11.8. The minimum Gasteiger partial charge on any atom is -0.323 e. The van der Waals surface area contributed by atoms with Crippen LogP contribution in [0.2, 0.25) is 10.0 Å². The summed E-state index contributed by atoms with van der Waals surface area (Å²) in [6.45, 7) is 0. The molecule has 1 amide bonds. The van der Waals surface area contributed by atoms with E-state index in [4.69, 9.17) is 28.9 Å². The van der Waals surface area contributed by atoms with Crippen molar-refractivity contribution < 1.29 is 4.79 Å². The summed E-state index contributed by atoms with van der Waals surface area (Å²) in [5, 5.41) is 3.35. The molecule has 7 heteroatoms. The predicted octanol–water partition coefficient (Wildman–Crippen LogP) is 3.77. The highest BCUT2D eigenvalue weighted by Crippen LogP contribution is 2.35. The van der Waals surface area contributed by atoms with E-state index in [1.54, 1.807) is 23.9 Å². The van der Waals surface area contributed by atoms with Gasteiger partial charge in [0, 0.05) is 4.47 Å². The molecule has 3 N–H and O–H groups in total. The van der Waals surface area contributed by atoms with Gasteiger partial charge in [-0.1, -0.05) is 23.2 Å². The lowest BCUT2D eigenvalue weighted by molar-refractivity contribution is -0.117. The van der Waals surface area contributed by atoms with Gasteiger partial charge in [-0.25, -0.2) is 0 Å². The highest BCUT2D eigenvalue weighted by Gasteiger charge is 2.16. The number of halogens is 3. The van der Waals surface area contributed by atoms with E-state index in [1.165, 1.54) is 0 Å². The van der Waals surface area contributed by atoms with Crippen LogP contribution in [0.3, 0.4) is 0 Å². The summed E-state index contributed by atoms with van der Waals surface area (Å²) in [5.41, 5.74) is 6.23. The largest absolute Gasteiger partial charge is 0.323 e. The molecule has 1 rings (SSSR count). The smallest absolute Gasteiger partial charge is 0.241 e. The molecule has 0 heterocycles. The van der Waals surface area contributed by atoms with Gasteiger partial charge in [0.05, 0.1) is 21.8 Å². The van der Waals surface area contributed by atoms with Gasteiger partial charge >= 0.3 is 0 Å². The van der Waals surface area contributed by atoms with Gasteiger partial charge < -0.3 is 11.1 Å². The van der Waals surface area contributed by atoms with Crippen LogP contribution in [0.1, 0.15) is 6.42 Å². The van der Waals surface area contributed by atoms with Crippen LogP contribution in [0.5, 0.6) is 0 Å². The lowest BCUT2D eigenvalue weighted by Gasteiger charge is -2.13. The van der Waals surface area contributed by atoms with Crippen LogP contribution in [0.4, 0.5) is 5.69 Å². The van der Waals surface area contributed by atoms with Gasteiger partial charge in [-0.15, -0.1) is 0 Å². The first kappa shape index (κ1) is 16.1. The highest BCUT2D eigenvalue weighted by molar-refractivity contribution is 9.10. The molecule has 0 bridgehead atoms. The van der Waals surface area contributed by atoms with Crippen LogP contribution < -0.4 is 11.1 Å². The third kappa shape index (κ3) is 4.31. The van der Waals surface area contributed by atoms with Gasteiger partial charge in [-0.2, -0.15) is 11.8 Å². The summed E-state index contributed by atoms with van der Waals surface area (Å²) < 4.78 is 0.679. The summed E-state index contributed by atoms with van der Waals surface area (Å²) in [6.07, 6.45) is 2.59. The Kier molecular flexibility index (Phi) is 6.81. The normalized spacial score (nSPS) is 12.3. The number of anilines is 1. The van der Waals surface area contributed by atoms with Gasteiger partial charge in [0.2, 0.25) is 5.91 Å². The lowest BCUT2D eigenvalue weighted by atomic mass is 10.2. The summed E-state index contributed by atoms with van der Waals surface area (Å²) in [6, 6.07) is 2.85. The van der Waals surface area contributed by atoms with Crippen molar-refractivity contribution in [1.29, 1.82) is 0 Å². The molecule has 0 spiro atoms. The minimum absolute atomic E-state index is 0.260. The van der Waals surface area contributed by atoms with E-state index >= 15 is 0 Å². The molecule has 0 aliphatic carbocycles. The number of carbonyl (C=O) groups excluding carboxylic acids is 1. The second-order valence-corrected chi connectivity index (χ2v) is 6.20. The number of benzene rings is 1. The molecule has 0 aliphatic rings. The molecule has 0 saturated carbocycles. The monoisotopic (exact) mass is 370 g/mol. The van der Waals surface area contributed by atoms with E-state index in [1.807, 2.05) is 6.26 Å². The molecule has 0 fully saturated rings. The SMILES string of the molecule is CSCC[C@@H](N)C(=O)Nc1ccc(Br)c(Cl)c1Cl. The standard InChI is InChI=1S/C11H13BrCl2N2OS/c1-18-5-4-7(15)11(17)16-8-3-2-6(12)9(13)10(8)14/h2-3,7H,4-5,15H2,1H3,(H,16,17)/t7-/m1/s1. The number of hydrogen-bond donors (Lipinski definition) is 2. The fraction of sp³-hybridized carbons (Fsp3) is 0.364. The van der Waals surface area contributed by atoms with Gasteiger partial charge in [0.15, 0.2) is 0 Å². The van der Waals surface area contributed by atoms with Gasteiger partial charge in [0.25, 0.3) is 0 Å². The summed E-state index contributed by atoms with van der Waals surface area (Å²) >= 11 is 16.9. The van der Waals surface area contributed by atoms with Crippen LogP contribution in [-0.2, 0) is 4.79 Å². The minimum atomic E-state index is -0.545. The molecule has 0 unspecified atom stereocenters. The molecule has 1 aromatic rings. The highest BCUT2D eigenvalue weighted by atomic mass is 79.9. The first-order valence-corrected chi connectivity index (χ1v) is 8.10. The topological polar surface area (TPSA) is 55.1 Å². The Hall–Kier alpha value is 0.0600. The Balaban J connectivity index is 2.73. The van der Waals surface area contributed by atoms with Crippen molar-refractivity contribution in [2.24, 2.45) is 5.73 Å². The number of nitrogens with two attached hydrogens (primary N) is 1. The molecule has 3 nitrogen and oxygen atoms in total. The number of carbonyl (C=O) groups is 1. The Morgan fingerprint density at radius 2 is 2.17 bits per heavy atom. The summed E-state index contributed by atoms with van der Waals surface area (Å²) in [5.74, 6) is 0.577. The van der Waals surface area contributed by atoms with Crippen LogP contribution in [0.25, 0.3) is 0 Å². The van der Waals surface area contributed by atoms with Crippen molar-refractivity contribution in [2.45, 2.75) is 12.5 Å². The molecular formula is C11H13BrCl2N2OS. The van der Waals surface area contributed by atoms with E-state index in [2.05, 4.69) is 21.2 Å². The summed E-state index contributed by atoms with van der Waals surface area (Å²) in [7, 11) is 0. The lowest BCUT2D eigenvalue weighted by Crippen LogP contribution is -2.36. The number of thioether (sulfide) groups is 1. The Labute approximate surface area is 129 Å². The first-order chi connectivity index (χ1) is 8.47. The van der Waals surface area contributed by atoms with E-state index in [0.717, 1.165) is 5.75 Å². The Morgan fingerprint density at radius 1 is 1.50 bits per heavy atom. The number of nitrogens with one attached hydrogen (secondary N) is 1. The Morgan fingerprint density at radius 3 is 2.78 bits per heavy atom. The third-order valence-electron chi connectivity index (χ3n) is 2.26. The number of amides is 1. The van der Waals surface area contributed by atoms with Gasteiger partial charge in [0.1, 0.15) is 0 Å². The molecule has 1 atom stereocenters. The fourth-order valence-corrected chi connectivity index (χ4v) is 2.53. The van der Waals surface area contributed by atoms with Crippen molar-refractivity contribution >= 4 is 62.5 Å². The molecule has 100 valence electrons. The molecule has 18 heavy (non-hydrogen) atoms. The maximum atomic E-state index is 11.8. The van der Waals surface area contributed by atoms with E-state index < -0.39 is 6.04 Å². The number of rotatable bonds is 5. The molecule has 0 aromatic heterocycles. The zero-order chi connectivity index (χ0) is 13.7. The average molecular weight is 372 g/mol. The quantitative estimate of drug-likeness (QED) is 0.774. The first-order valence-electron chi connectivity index (χ1n) is 5.16. The van der Waals surface area contributed by atoms with E-state index in [9.17, 15) is 4.79 Å². The maximum absolute atomic E-state index is 11.8. The van der Waals surface area contributed by atoms with Crippen molar-refractivity contribution in [3.63, 3.8) is 0 Å². The molecule has 1 aromatic carbocycles. The third-order valence-corrected chi connectivity index (χ3v) is 4.68. The second kappa shape index (κ2) is 7.60. The van der Waals surface area contributed by atoms with Gasteiger partial charge in [-0.05, 0) is 46.5 Å². The fourth-order valence-electron chi connectivity index (χ4n) is 1.22. The maximum Gasteiger partial charge on any atom is 0.241 e. The van der Waals surface area contributed by atoms with Crippen molar-refractivity contribution in [2.75, 3.05) is 17.3 Å². The van der Waals surface area contributed by atoms with Crippen LogP contribution in [0.15, 0.2) is 16.6 Å². The predicted molar refractivity (Wildman–Crippen MR) is 83.8 cm³/mol. The van der Waals surface area contributed by atoms with Crippen molar-refractivity contribution in [1.82, 2.24) is 0 Å². The van der Waals surface area contributed by atoms with E-state index in [0.29, 0.717) is 26.6 Å². The molecule has 0 aliphatic heterocycles. The van der Waals surface area contributed by atoms with E-state index in [-0.39, 0.29) is 5.91 Å².